The highest BCUT2D eigenvalue weighted by atomic mass is 32.2. The van der Waals surface area contributed by atoms with Gasteiger partial charge >= 0.3 is 0 Å². The summed E-state index contributed by atoms with van der Waals surface area (Å²) < 4.78 is 26.0. The third-order valence-electron chi connectivity index (χ3n) is 3.03. The van der Waals surface area contributed by atoms with Crippen molar-refractivity contribution in [2.45, 2.75) is 11.8 Å². The van der Waals surface area contributed by atoms with Crippen LogP contribution in [0.3, 0.4) is 0 Å². The van der Waals surface area contributed by atoms with E-state index in [2.05, 4.69) is 4.98 Å². The molecular weight excluding hydrogens is 264 g/mol. The summed E-state index contributed by atoms with van der Waals surface area (Å²) in [6.07, 6.45) is 1.64. The summed E-state index contributed by atoms with van der Waals surface area (Å²) in [5, 5.41) is 9.49. The molecule has 0 bridgehead atoms. The number of hydrogen-bond acceptors (Lipinski definition) is 4. The topological polar surface area (TPSA) is 70.5 Å². The van der Waals surface area contributed by atoms with Crippen LogP contribution in [0.4, 0.5) is 0 Å². The van der Waals surface area contributed by atoms with E-state index in [9.17, 15) is 8.42 Å². The fraction of sp³-hybridized carbons (Fsp3) is 0.308. The third kappa shape index (κ3) is 2.47. The lowest BCUT2D eigenvalue weighted by molar-refractivity contribution is 0.266. The van der Waals surface area contributed by atoms with E-state index in [0.29, 0.717) is 10.9 Å². The van der Waals surface area contributed by atoms with Crippen molar-refractivity contribution in [2.75, 3.05) is 20.2 Å². The molecule has 1 aromatic carbocycles. The molecule has 2 rings (SSSR count). The maximum Gasteiger partial charge on any atom is 0.243 e. The minimum absolute atomic E-state index is 0.0674. The molecule has 0 fully saturated rings. The van der Waals surface area contributed by atoms with Crippen LogP contribution in [0, 0.1) is 6.92 Å². The third-order valence-corrected chi connectivity index (χ3v) is 4.95. The summed E-state index contributed by atoms with van der Waals surface area (Å²) in [6.45, 7) is 1.75. The Morgan fingerprint density at radius 1 is 1.32 bits per heavy atom. The van der Waals surface area contributed by atoms with E-state index in [1.54, 1.807) is 30.5 Å². The summed E-state index contributed by atoms with van der Waals surface area (Å²) in [7, 11) is -2.16. The molecule has 2 aromatic rings. The second kappa shape index (κ2) is 5.24. The summed E-state index contributed by atoms with van der Waals surface area (Å²) in [4.78, 5) is 4.45. The standard InChI is InChI=1S/C13H16N2O3S/c1-10-5-6-12(11-4-3-7-14-13(10)11)19(17,18)15(2)8-9-16/h3-7,16H,8-9H2,1-2H3. The first kappa shape index (κ1) is 13.9. The van der Waals surface area contributed by atoms with Gasteiger partial charge in [-0.15, -0.1) is 0 Å². The first-order valence-electron chi connectivity index (χ1n) is 5.90. The Kier molecular flexibility index (Phi) is 3.84. The maximum atomic E-state index is 12.4. The SMILES string of the molecule is Cc1ccc(S(=O)(=O)N(C)CCO)c2cccnc12. The van der Waals surface area contributed by atoms with Crippen LogP contribution in [-0.4, -0.2) is 43.0 Å². The van der Waals surface area contributed by atoms with Crippen LogP contribution < -0.4 is 0 Å². The molecule has 0 aliphatic heterocycles. The number of hydrogen-bond donors (Lipinski definition) is 1. The molecule has 0 saturated heterocycles. The van der Waals surface area contributed by atoms with Gasteiger partial charge in [-0.05, 0) is 30.7 Å². The largest absolute Gasteiger partial charge is 0.395 e. The van der Waals surface area contributed by atoms with Gasteiger partial charge in [-0.2, -0.15) is 4.31 Å². The summed E-state index contributed by atoms with van der Waals surface area (Å²) >= 11 is 0. The van der Waals surface area contributed by atoms with Crippen LogP contribution in [0.5, 0.6) is 0 Å². The van der Waals surface area contributed by atoms with Crippen LogP contribution in [-0.2, 0) is 10.0 Å². The molecule has 1 N–H and O–H groups in total. The Balaban J connectivity index is 2.67. The first-order valence-corrected chi connectivity index (χ1v) is 7.34. The lowest BCUT2D eigenvalue weighted by Crippen LogP contribution is -2.29. The Morgan fingerprint density at radius 3 is 2.74 bits per heavy atom. The van der Waals surface area contributed by atoms with E-state index < -0.39 is 10.0 Å². The molecule has 0 saturated carbocycles. The molecule has 0 unspecified atom stereocenters. The average molecular weight is 280 g/mol. The van der Waals surface area contributed by atoms with E-state index in [-0.39, 0.29) is 18.0 Å². The maximum absolute atomic E-state index is 12.4. The summed E-state index contributed by atoms with van der Waals surface area (Å²) in [5.41, 5.74) is 1.61. The molecule has 0 radical (unpaired) electrons. The highest BCUT2D eigenvalue weighted by Gasteiger charge is 2.23. The second-order valence-corrected chi connectivity index (χ2v) is 6.34. The van der Waals surface area contributed by atoms with E-state index in [4.69, 9.17) is 5.11 Å². The number of aliphatic hydroxyl groups is 1. The van der Waals surface area contributed by atoms with Gasteiger partial charge in [0, 0.05) is 25.2 Å². The number of aromatic nitrogens is 1. The fourth-order valence-electron chi connectivity index (χ4n) is 1.94. The molecule has 1 heterocycles. The number of sulfonamides is 1. The van der Waals surface area contributed by atoms with Gasteiger partial charge in [0.25, 0.3) is 0 Å². The average Bonchev–Trinajstić information content (AvgIpc) is 2.39. The van der Waals surface area contributed by atoms with E-state index in [0.717, 1.165) is 9.87 Å². The second-order valence-electron chi connectivity index (χ2n) is 4.33. The number of benzene rings is 1. The lowest BCUT2D eigenvalue weighted by Gasteiger charge is -2.17. The zero-order valence-corrected chi connectivity index (χ0v) is 11.7. The number of pyridine rings is 1. The Labute approximate surface area is 112 Å². The zero-order valence-electron chi connectivity index (χ0n) is 10.9. The molecule has 6 heteroatoms. The van der Waals surface area contributed by atoms with Crippen molar-refractivity contribution in [3.05, 3.63) is 36.0 Å². The van der Waals surface area contributed by atoms with Gasteiger partial charge in [0.05, 0.1) is 17.0 Å². The molecule has 0 aliphatic carbocycles. The summed E-state index contributed by atoms with van der Waals surface area (Å²) in [5.74, 6) is 0. The highest BCUT2D eigenvalue weighted by molar-refractivity contribution is 7.89. The van der Waals surface area contributed by atoms with Crippen LogP contribution in [0.2, 0.25) is 0 Å². The van der Waals surface area contributed by atoms with Gasteiger partial charge in [0.1, 0.15) is 0 Å². The number of fused-ring (bicyclic) bond motifs is 1. The van der Waals surface area contributed by atoms with Gasteiger partial charge in [-0.25, -0.2) is 8.42 Å². The molecule has 0 spiro atoms. The minimum Gasteiger partial charge on any atom is -0.395 e. The van der Waals surface area contributed by atoms with E-state index >= 15 is 0 Å². The van der Waals surface area contributed by atoms with Crippen molar-refractivity contribution in [3.63, 3.8) is 0 Å². The van der Waals surface area contributed by atoms with Crippen molar-refractivity contribution < 1.29 is 13.5 Å². The molecule has 1 aromatic heterocycles. The smallest absolute Gasteiger partial charge is 0.243 e. The Hall–Kier alpha value is -1.50. The predicted molar refractivity (Wildman–Crippen MR) is 73.4 cm³/mol. The van der Waals surface area contributed by atoms with Crippen molar-refractivity contribution in [2.24, 2.45) is 0 Å². The van der Waals surface area contributed by atoms with E-state index in [1.807, 2.05) is 6.92 Å². The molecule has 102 valence electrons. The molecule has 5 nitrogen and oxygen atoms in total. The first-order chi connectivity index (χ1) is 8.98. The molecule has 19 heavy (non-hydrogen) atoms. The Bertz CT molecular complexity index is 698. The Morgan fingerprint density at radius 2 is 2.05 bits per heavy atom. The minimum atomic E-state index is -3.61. The van der Waals surface area contributed by atoms with E-state index in [1.165, 1.54) is 7.05 Å². The van der Waals surface area contributed by atoms with Gasteiger partial charge in [0.2, 0.25) is 10.0 Å². The zero-order chi connectivity index (χ0) is 14.0. The van der Waals surface area contributed by atoms with Gasteiger partial charge < -0.3 is 5.11 Å². The molecular formula is C13H16N2O3S. The van der Waals surface area contributed by atoms with Crippen LogP contribution in [0.15, 0.2) is 35.4 Å². The van der Waals surface area contributed by atoms with Gasteiger partial charge in [-0.1, -0.05) is 6.07 Å². The lowest BCUT2D eigenvalue weighted by atomic mass is 10.1. The number of aryl methyl sites for hydroxylation is 1. The fourth-order valence-corrected chi connectivity index (χ4v) is 3.28. The predicted octanol–water partition coefficient (Wildman–Crippen LogP) is 1.16. The van der Waals surface area contributed by atoms with Crippen LogP contribution >= 0.6 is 0 Å². The summed E-state index contributed by atoms with van der Waals surface area (Å²) in [6, 6.07) is 6.79. The monoisotopic (exact) mass is 280 g/mol. The van der Waals surface area contributed by atoms with Crippen LogP contribution in [0.1, 0.15) is 5.56 Å². The number of aliphatic hydroxyl groups excluding tert-OH is 1. The van der Waals surface area contributed by atoms with Crippen molar-refractivity contribution >= 4 is 20.9 Å². The van der Waals surface area contributed by atoms with Crippen LogP contribution in [0.25, 0.3) is 10.9 Å². The molecule has 0 amide bonds. The van der Waals surface area contributed by atoms with Gasteiger partial charge in [-0.3, -0.25) is 4.98 Å². The number of likely N-dealkylation sites (N-methyl/N-ethyl adjacent to an activating group) is 1. The number of rotatable bonds is 4. The highest BCUT2D eigenvalue weighted by Crippen LogP contribution is 2.26. The van der Waals surface area contributed by atoms with Crippen molar-refractivity contribution in [1.29, 1.82) is 0 Å². The van der Waals surface area contributed by atoms with Gasteiger partial charge in [0.15, 0.2) is 0 Å². The molecule has 0 aliphatic rings. The number of nitrogens with zero attached hydrogens (tertiary/aromatic N) is 2. The van der Waals surface area contributed by atoms with Crippen molar-refractivity contribution in [1.82, 2.24) is 9.29 Å². The quantitative estimate of drug-likeness (QED) is 0.912. The normalized spacial score (nSPS) is 12.2. The van der Waals surface area contributed by atoms with Crippen molar-refractivity contribution in [3.8, 4) is 0 Å². The molecule has 0 atom stereocenters.